The lowest BCUT2D eigenvalue weighted by Gasteiger charge is -2.37. The van der Waals surface area contributed by atoms with Gasteiger partial charge in [-0.2, -0.15) is 13.2 Å². The smallest absolute Gasteiger partial charge is 0.340 e. The number of amides is 1. The summed E-state index contributed by atoms with van der Waals surface area (Å²) in [7, 11) is 1.66. The molecule has 2 aromatic carbocycles. The van der Waals surface area contributed by atoms with Crippen molar-refractivity contribution >= 4 is 5.91 Å². The minimum absolute atomic E-state index is 0.0342. The predicted octanol–water partition coefficient (Wildman–Crippen LogP) is 4.72. The van der Waals surface area contributed by atoms with E-state index in [2.05, 4.69) is 4.90 Å². The molecule has 3 rings (SSSR count). The highest BCUT2D eigenvalue weighted by atomic mass is 19.4. The van der Waals surface area contributed by atoms with Gasteiger partial charge in [0.25, 0.3) is 0 Å². The molecule has 1 atom stereocenters. The van der Waals surface area contributed by atoms with E-state index in [9.17, 15) is 18.0 Å². The lowest BCUT2D eigenvalue weighted by molar-refractivity contribution is -0.137. The Labute approximate surface area is 163 Å². The fourth-order valence-corrected chi connectivity index (χ4v) is 3.73. The van der Waals surface area contributed by atoms with Gasteiger partial charge in [0.1, 0.15) is 0 Å². The first-order valence-corrected chi connectivity index (χ1v) is 9.53. The van der Waals surface area contributed by atoms with E-state index in [4.69, 9.17) is 0 Å². The van der Waals surface area contributed by atoms with Crippen molar-refractivity contribution in [1.82, 2.24) is 9.80 Å². The molecule has 1 heterocycles. The topological polar surface area (TPSA) is 23.6 Å². The summed E-state index contributed by atoms with van der Waals surface area (Å²) in [6, 6.07) is 15.0. The van der Waals surface area contributed by atoms with Gasteiger partial charge in [0.15, 0.2) is 0 Å². The number of rotatable bonds is 5. The van der Waals surface area contributed by atoms with E-state index in [-0.39, 0.29) is 18.5 Å². The Hall–Kier alpha value is -2.34. The zero-order valence-electron chi connectivity index (χ0n) is 16.0. The minimum Gasteiger partial charge on any atom is -0.340 e. The molecule has 28 heavy (non-hydrogen) atoms. The molecular formula is C22H25F3N2O. The molecule has 1 fully saturated rings. The van der Waals surface area contributed by atoms with Crippen LogP contribution in [0.25, 0.3) is 0 Å². The Bertz CT molecular complexity index is 792. The second-order valence-corrected chi connectivity index (χ2v) is 7.36. The summed E-state index contributed by atoms with van der Waals surface area (Å²) in [6.45, 7) is 1.72. The Morgan fingerprint density at radius 1 is 1.07 bits per heavy atom. The first-order valence-electron chi connectivity index (χ1n) is 9.53. The van der Waals surface area contributed by atoms with Gasteiger partial charge in [0.05, 0.1) is 11.6 Å². The summed E-state index contributed by atoms with van der Waals surface area (Å²) >= 11 is 0. The van der Waals surface area contributed by atoms with Gasteiger partial charge in [-0.1, -0.05) is 48.9 Å². The molecule has 1 aliphatic rings. The molecule has 6 heteroatoms. The van der Waals surface area contributed by atoms with Crippen LogP contribution in [0.5, 0.6) is 0 Å². The Balaban J connectivity index is 1.69. The number of carbonyl (C=O) groups excluding carboxylic acids is 1. The molecule has 0 aliphatic carbocycles. The molecular weight excluding hydrogens is 365 g/mol. The van der Waals surface area contributed by atoms with E-state index >= 15 is 0 Å². The standard InChI is InChI=1S/C22H25F3N2O/c1-26(15-18-10-7-11-19(14-18)22(23,24)25)21(28)20-12-5-6-13-27(20)16-17-8-3-2-4-9-17/h2-4,7-11,14,20H,5-6,12-13,15-16H2,1H3. The fourth-order valence-electron chi connectivity index (χ4n) is 3.73. The number of likely N-dealkylation sites (N-methyl/N-ethyl adjacent to an activating group) is 1. The van der Waals surface area contributed by atoms with Gasteiger partial charge < -0.3 is 4.90 Å². The first-order chi connectivity index (χ1) is 13.3. The average Bonchev–Trinajstić information content (AvgIpc) is 2.68. The number of benzene rings is 2. The van der Waals surface area contributed by atoms with Gasteiger partial charge in [-0.25, -0.2) is 0 Å². The third-order valence-electron chi connectivity index (χ3n) is 5.18. The maximum atomic E-state index is 13.0. The molecule has 0 saturated carbocycles. The van der Waals surface area contributed by atoms with Crippen LogP contribution in [0.15, 0.2) is 54.6 Å². The number of hydrogen-bond acceptors (Lipinski definition) is 2. The summed E-state index contributed by atoms with van der Waals surface area (Å²) in [5.41, 5.74) is 0.952. The summed E-state index contributed by atoms with van der Waals surface area (Å²) in [6.07, 6.45) is -1.57. The molecule has 1 aliphatic heterocycles. The van der Waals surface area contributed by atoms with E-state index in [1.165, 1.54) is 6.07 Å². The van der Waals surface area contributed by atoms with Crippen LogP contribution in [-0.4, -0.2) is 35.3 Å². The summed E-state index contributed by atoms with van der Waals surface area (Å²) in [5, 5.41) is 0. The third kappa shape index (κ3) is 5.13. The second-order valence-electron chi connectivity index (χ2n) is 7.36. The normalized spacial score (nSPS) is 18.1. The van der Waals surface area contributed by atoms with Crippen molar-refractivity contribution in [1.29, 1.82) is 0 Å². The van der Waals surface area contributed by atoms with Crippen LogP contribution in [0, 0.1) is 0 Å². The lowest BCUT2D eigenvalue weighted by atomic mass is 9.99. The molecule has 0 aromatic heterocycles. The van der Waals surface area contributed by atoms with Crippen LogP contribution in [0.2, 0.25) is 0 Å². The van der Waals surface area contributed by atoms with Crippen molar-refractivity contribution < 1.29 is 18.0 Å². The Morgan fingerprint density at radius 3 is 2.50 bits per heavy atom. The average molecular weight is 390 g/mol. The zero-order valence-corrected chi connectivity index (χ0v) is 16.0. The molecule has 1 unspecified atom stereocenters. The maximum absolute atomic E-state index is 13.0. The monoisotopic (exact) mass is 390 g/mol. The first kappa shape index (κ1) is 20.4. The van der Waals surface area contributed by atoms with Crippen LogP contribution < -0.4 is 0 Å². The predicted molar refractivity (Wildman–Crippen MR) is 102 cm³/mol. The number of alkyl halides is 3. The molecule has 1 saturated heterocycles. The molecule has 2 aromatic rings. The van der Waals surface area contributed by atoms with Crippen LogP contribution in [0.4, 0.5) is 13.2 Å². The van der Waals surface area contributed by atoms with Crippen LogP contribution in [-0.2, 0) is 24.1 Å². The van der Waals surface area contributed by atoms with Gasteiger partial charge >= 0.3 is 6.18 Å². The zero-order chi connectivity index (χ0) is 20.1. The second kappa shape index (κ2) is 8.78. The van der Waals surface area contributed by atoms with E-state index in [1.54, 1.807) is 18.0 Å². The molecule has 150 valence electrons. The molecule has 0 radical (unpaired) electrons. The highest BCUT2D eigenvalue weighted by Gasteiger charge is 2.32. The summed E-state index contributed by atoms with van der Waals surface area (Å²) < 4.78 is 38.8. The van der Waals surface area contributed by atoms with Crippen molar-refractivity contribution in [3.05, 3.63) is 71.3 Å². The van der Waals surface area contributed by atoms with Gasteiger partial charge in [-0.3, -0.25) is 9.69 Å². The molecule has 0 bridgehead atoms. The largest absolute Gasteiger partial charge is 0.416 e. The van der Waals surface area contributed by atoms with Crippen LogP contribution >= 0.6 is 0 Å². The molecule has 3 nitrogen and oxygen atoms in total. The number of carbonyl (C=O) groups is 1. The minimum atomic E-state index is -4.38. The molecule has 1 amide bonds. The van der Waals surface area contributed by atoms with Crippen LogP contribution in [0.1, 0.15) is 36.0 Å². The molecule has 0 spiro atoms. The van der Waals surface area contributed by atoms with Crippen molar-refractivity contribution in [3.8, 4) is 0 Å². The highest BCUT2D eigenvalue weighted by molar-refractivity contribution is 5.81. The number of likely N-dealkylation sites (tertiary alicyclic amines) is 1. The number of halogens is 3. The SMILES string of the molecule is CN(Cc1cccc(C(F)(F)F)c1)C(=O)C1CCCCN1Cc1ccccc1. The third-order valence-corrected chi connectivity index (χ3v) is 5.18. The van der Waals surface area contributed by atoms with E-state index < -0.39 is 11.7 Å². The van der Waals surface area contributed by atoms with Gasteiger partial charge in [-0.05, 0) is 42.6 Å². The van der Waals surface area contributed by atoms with Crippen LogP contribution in [0.3, 0.4) is 0 Å². The lowest BCUT2D eigenvalue weighted by Crippen LogP contribution is -2.49. The van der Waals surface area contributed by atoms with E-state index in [0.717, 1.165) is 43.5 Å². The Kier molecular flexibility index (Phi) is 6.39. The van der Waals surface area contributed by atoms with Crippen molar-refractivity contribution in [2.45, 2.75) is 44.6 Å². The quantitative estimate of drug-likeness (QED) is 0.738. The fraction of sp³-hybridized carbons (Fsp3) is 0.409. The van der Waals surface area contributed by atoms with Crippen molar-refractivity contribution in [2.24, 2.45) is 0 Å². The van der Waals surface area contributed by atoms with Gasteiger partial charge in [0, 0.05) is 20.1 Å². The van der Waals surface area contributed by atoms with E-state index in [0.29, 0.717) is 12.1 Å². The maximum Gasteiger partial charge on any atom is 0.416 e. The summed E-state index contributed by atoms with van der Waals surface area (Å²) in [5.74, 6) is -0.0342. The van der Waals surface area contributed by atoms with Crippen molar-refractivity contribution in [3.63, 3.8) is 0 Å². The van der Waals surface area contributed by atoms with E-state index in [1.807, 2.05) is 30.3 Å². The summed E-state index contributed by atoms with van der Waals surface area (Å²) in [4.78, 5) is 16.8. The number of nitrogens with zero attached hydrogens (tertiary/aromatic N) is 2. The van der Waals surface area contributed by atoms with Gasteiger partial charge in [-0.15, -0.1) is 0 Å². The number of piperidine rings is 1. The molecule has 0 N–H and O–H groups in total. The number of hydrogen-bond donors (Lipinski definition) is 0. The van der Waals surface area contributed by atoms with Crippen molar-refractivity contribution in [2.75, 3.05) is 13.6 Å². The highest BCUT2D eigenvalue weighted by Crippen LogP contribution is 2.30. The van der Waals surface area contributed by atoms with Gasteiger partial charge in [0.2, 0.25) is 5.91 Å². The Morgan fingerprint density at radius 2 is 1.79 bits per heavy atom.